The molecule has 0 bridgehead atoms. The molecule has 35 heavy (non-hydrogen) atoms. The predicted octanol–water partition coefficient (Wildman–Crippen LogP) is 4.27. The molecule has 2 amide bonds. The average Bonchev–Trinajstić information content (AvgIpc) is 3.22. The molecule has 1 N–H and O–H groups in total. The molecule has 0 aliphatic rings. The van der Waals surface area contributed by atoms with Crippen molar-refractivity contribution in [3.8, 4) is 5.69 Å². The fraction of sp³-hybridized carbons (Fsp3) is 0.370. The zero-order valence-electron chi connectivity index (χ0n) is 21.0. The maximum atomic E-state index is 13.2. The number of nitrogens with zero attached hydrogens (tertiary/aromatic N) is 3. The number of hydrogen-bond acceptors (Lipinski definition) is 4. The lowest BCUT2D eigenvalue weighted by Crippen LogP contribution is -2.41. The van der Waals surface area contributed by atoms with E-state index in [2.05, 4.69) is 26.1 Å². The summed E-state index contributed by atoms with van der Waals surface area (Å²) in [6, 6.07) is 15.4. The van der Waals surface area contributed by atoms with Crippen LogP contribution in [0.3, 0.4) is 0 Å². The molecule has 0 radical (unpaired) electrons. The van der Waals surface area contributed by atoms with Gasteiger partial charge < -0.3 is 15.0 Å². The van der Waals surface area contributed by atoms with Crippen LogP contribution in [-0.2, 0) is 26.2 Å². The number of aromatic nitrogens is 2. The Morgan fingerprint density at radius 1 is 1.11 bits per heavy atom. The molecular formula is C27H33FN4O3. The van der Waals surface area contributed by atoms with Gasteiger partial charge in [0.15, 0.2) is 0 Å². The molecule has 1 aromatic heterocycles. The number of hydrogen-bond donors (Lipinski definition) is 1. The lowest BCUT2D eigenvalue weighted by molar-refractivity contribution is -0.134. The van der Waals surface area contributed by atoms with Crippen molar-refractivity contribution < 1.29 is 18.7 Å². The van der Waals surface area contributed by atoms with Gasteiger partial charge >= 0.3 is 0 Å². The first-order valence-corrected chi connectivity index (χ1v) is 11.6. The fourth-order valence-corrected chi connectivity index (χ4v) is 3.56. The standard InChI is InChI=1S/C27H33FN4O3/c1-19-8-6-7-9-22(19)32-24(17-23(30-32)27(2,3)4)29-25(33)18-31(14-15-35-5)26(34)16-20-10-12-21(28)13-11-20/h6-13,17H,14-16,18H2,1-5H3,(H,29,33). The third-order valence-electron chi connectivity index (χ3n) is 5.61. The van der Waals surface area contributed by atoms with Crippen molar-refractivity contribution in [2.24, 2.45) is 0 Å². The molecular weight excluding hydrogens is 447 g/mol. The number of aryl methyl sites for hydroxylation is 1. The highest BCUT2D eigenvalue weighted by molar-refractivity contribution is 5.94. The van der Waals surface area contributed by atoms with Gasteiger partial charge in [-0.1, -0.05) is 51.1 Å². The summed E-state index contributed by atoms with van der Waals surface area (Å²) in [6.45, 7) is 8.57. The summed E-state index contributed by atoms with van der Waals surface area (Å²) in [7, 11) is 1.54. The topological polar surface area (TPSA) is 76.5 Å². The van der Waals surface area contributed by atoms with Crippen LogP contribution >= 0.6 is 0 Å². The first-order valence-electron chi connectivity index (χ1n) is 11.6. The number of rotatable bonds is 9. The predicted molar refractivity (Wildman–Crippen MR) is 134 cm³/mol. The fourth-order valence-electron chi connectivity index (χ4n) is 3.56. The van der Waals surface area contributed by atoms with E-state index in [4.69, 9.17) is 9.84 Å². The Kier molecular flexibility index (Phi) is 8.40. The van der Waals surface area contributed by atoms with Crippen LogP contribution < -0.4 is 5.32 Å². The molecule has 3 rings (SSSR count). The molecule has 2 aromatic carbocycles. The van der Waals surface area contributed by atoms with Gasteiger partial charge in [0.1, 0.15) is 11.6 Å². The largest absolute Gasteiger partial charge is 0.383 e. The van der Waals surface area contributed by atoms with Gasteiger partial charge in [-0.2, -0.15) is 5.10 Å². The van der Waals surface area contributed by atoms with E-state index < -0.39 is 0 Å². The number of ether oxygens (including phenoxy) is 1. The summed E-state index contributed by atoms with van der Waals surface area (Å²) in [6.07, 6.45) is 0.0621. The molecule has 0 unspecified atom stereocenters. The quantitative estimate of drug-likeness (QED) is 0.496. The van der Waals surface area contributed by atoms with Crippen LogP contribution in [0.1, 0.15) is 37.6 Å². The Hall–Kier alpha value is -3.52. The van der Waals surface area contributed by atoms with Gasteiger partial charge in [0.2, 0.25) is 11.8 Å². The molecule has 0 atom stereocenters. The van der Waals surface area contributed by atoms with Crippen LogP contribution in [0.4, 0.5) is 10.2 Å². The van der Waals surface area contributed by atoms with Gasteiger partial charge in [-0.3, -0.25) is 9.59 Å². The zero-order chi connectivity index (χ0) is 25.6. The lowest BCUT2D eigenvalue weighted by atomic mass is 9.92. The number of anilines is 1. The summed E-state index contributed by atoms with van der Waals surface area (Å²) >= 11 is 0. The smallest absolute Gasteiger partial charge is 0.245 e. The normalized spacial score (nSPS) is 11.4. The Labute approximate surface area is 205 Å². The Balaban J connectivity index is 1.81. The maximum absolute atomic E-state index is 13.2. The van der Waals surface area contributed by atoms with Crippen molar-refractivity contribution in [1.82, 2.24) is 14.7 Å². The molecule has 3 aromatic rings. The highest BCUT2D eigenvalue weighted by Crippen LogP contribution is 2.27. The van der Waals surface area contributed by atoms with Gasteiger partial charge in [0.05, 0.1) is 31.0 Å². The third-order valence-corrected chi connectivity index (χ3v) is 5.61. The zero-order valence-corrected chi connectivity index (χ0v) is 21.0. The second-order valence-electron chi connectivity index (χ2n) is 9.52. The van der Waals surface area contributed by atoms with Gasteiger partial charge in [-0.15, -0.1) is 0 Å². The maximum Gasteiger partial charge on any atom is 0.245 e. The number of amides is 2. The first kappa shape index (κ1) is 26.1. The van der Waals surface area contributed by atoms with Crippen LogP contribution in [0.5, 0.6) is 0 Å². The number of benzene rings is 2. The number of methoxy groups -OCH3 is 1. The van der Waals surface area contributed by atoms with Crippen molar-refractivity contribution in [2.75, 3.05) is 32.1 Å². The Morgan fingerprint density at radius 3 is 2.43 bits per heavy atom. The molecule has 1 heterocycles. The van der Waals surface area contributed by atoms with Crippen LogP contribution in [0, 0.1) is 12.7 Å². The summed E-state index contributed by atoms with van der Waals surface area (Å²) in [5, 5.41) is 7.70. The van der Waals surface area contributed by atoms with Gasteiger partial charge in [0.25, 0.3) is 0 Å². The summed E-state index contributed by atoms with van der Waals surface area (Å²) in [4.78, 5) is 27.5. The number of nitrogens with one attached hydrogen (secondary N) is 1. The second kappa shape index (κ2) is 11.3. The van der Waals surface area contributed by atoms with E-state index in [1.54, 1.807) is 16.8 Å². The van der Waals surface area contributed by atoms with E-state index >= 15 is 0 Å². The number of carbonyl (C=O) groups is 2. The van der Waals surface area contributed by atoms with Crippen LogP contribution in [0.15, 0.2) is 54.6 Å². The van der Waals surface area contributed by atoms with Crippen molar-refractivity contribution in [2.45, 2.75) is 39.5 Å². The minimum Gasteiger partial charge on any atom is -0.383 e. The van der Waals surface area contributed by atoms with Crippen molar-refractivity contribution in [1.29, 1.82) is 0 Å². The van der Waals surface area contributed by atoms with Crippen molar-refractivity contribution in [3.63, 3.8) is 0 Å². The molecule has 0 saturated carbocycles. The summed E-state index contributed by atoms with van der Waals surface area (Å²) < 4.78 is 20.1. The molecule has 186 valence electrons. The minimum absolute atomic E-state index is 0.0621. The van der Waals surface area contributed by atoms with Crippen LogP contribution in [-0.4, -0.2) is 53.3 Å². The minimum atomic E-state index is -0.364. The molecule has 0 fully saturated rings. The molecule has 0 saturated heterocycles. The molecule has 0 spiro atoms. The Morgan fingerprint density at radius 2 is 1.80 bits per heavy atom. The average molecular weight is 481 g/mol. The van der Waals surface area contributed by atoms with Gasteiger partial charge in [-0.05, 0) is 36.2 Å². The summed E-state index contributed by atoms with van der Waals surface area (Å²) in [5.41, 5.74) is 3.17. The highest BCUT2D eigenvalue weighted by atomic mass is 19.1. The van der Waals surface area contributed by atoms with Crippen LogP contribution in [0.2, 0.25) is 0 Å². The molecule has 8 heteroatoms. The van der Waals surface area contributed by atoms with Crippen LogP contribution in [0.25, 0.3) is 5.69 Å². The number of para-hydroxylation sites is 1. The van der Waals surface area contributed by atoms with Gasteiger partial charge in [0, 0.05) is 25.1 Å². The lowest BCUT2D eigenvalue weighted by Gasteiger charge is -2.22. The van der Waals surface area contributed by atoms with E-state index in [1.165, 1.54) is 24.1 Å². The van der Waals surface area contributed by atoms with Crippen molar-refractivity contribution >= 4 is 17.6 Å². The van der Waals surface area contributed by atoms with Crippen molar-refractivity contribution in [3.05, 3.63) is 77.2 Å². The second-order valence-corrected chi connectivity index (χ2v) is 9.52. The molecule has 0 aliphatic heterocycles. The number of halogens is 1. The SMILES string of the molecule is COCCN(CC(=O)Nc1cc(C(C)(C)C)nn1-c1ccccc1C)C(=O)Cc1ccc(F)cc1. The first-order chi connectivity index (χ1) is 16.6. The number of carbonyl (C=O) groups excluding carboxylic acids is 2. The highest BCUT2D eigenvalue weighted by Gasteiger charge is 2.23. The summed E-state index contributed by atoms with van der Waals surface area (Å²) in [5.74, 6) is -0.418. The Bertz CT molecular complexity index is 1170. The van der Waals surface area contributed by atoms with E-state index in [0.29, 0.717) is 11.4 Å². The van der Waals surface area contributed by atoms with Gasteiger partial charge in [-0.25, -0.2) is 9.07 Å². The molecule has 7 nitrogen and oxygen atoms in total. The van der Waals surface area contributed by atoms with E-state index in [9.17, 15) is 14.0 Å². The van der Waals surface area contributed by atoms with E-state index in [0.717, 1.165) is 16.9 Å². The monoisotopic (exact) mass is 480 g/mol. The molecule has 0 aliphatic carbocycles. The third kappa shape index (κ3) is 6.99. The van der Waals surface area contributed by atoms with E-state index in [-0.39, 0.29) is 49.2 Å². The van der Waals surface area contributed by atoms with E-state index in [1.807, 2.05) is 37.3 Å².